The molecule has 0 radical (unpaired) electrons. The van der Waals surface area contributed by atoms with Crippen LogP contribution in [0, 0.1) is 16.0 Å². The van der Waals surface area contributed by atoms with Crippen molar-refractivity contribution in [2.24, 2.45) is 5.92 Å². The summed E-state index contributed by atoms with van der Waals surface area (Å²) in [6.07, 6.45) is 2.98. The van der Waals surface area contributed by atoms with Crippen molar-refractivity contribution in [1.82, 2.24) is 20.1 Å². The fourth-order valence-corrected chi connectivity index (χ4v) is 3.05. The number of rotatable bonds is 9. The first-order valence-corrected chi connectivity index (χ1v) is 9.61. The number of benzene rings is 2. The molecule has 1 amide bonds. The van der Waals surface area contributed by atoms with Gasteiger partial charge in [-0.2, -0.15) is 5.10 Å². The second-order valence-electron chi connectivity index (χ2n) is 6.65. The Kier molecular flexibility index (Phi) is 7.05. The number of hydrogen-bond donors (Lipinski definition) is 1. The molecule has 1 unspecified atom stereocenters. The summed E-state index contributed by atoms with van der Waals surface area (Å²) >= 11 is 0. The summed E-state index contributed by atoms with van der Waals surface area (Å²) in [6, 6.07) is 13.4. The van der Waals surface area contributed by atoms with Gasteiger partial charge < -0.3 is 10.1 Å². The van der Waals surface area contributed by atoms with Crippen molar-refractivity contribution < 1.29 is 19.2 Å². The molecule has 1 aromatic heterocycles. The number of carbonyl (C=O) groups excluding carboxylic acids is 2. The van der Waals surface area contributed by atoms with Crippen LogP contribution in [0.2, 0.25) is 0 Å². The standard InChI is InChI=1S/C21H21N5O5/c1-2-31-21(28)17(10-15-6-4-3-5-7-15)12-23-20(27)16-8-9-18(19(11-16)26(29)30)25-14-22-13-24-25/h3-9,11,13-14,17H,2,10,12H2,1H3,(H,23,27). The third-order valence-corrected chi connectivity index (χ3v) is 4.55. The molecule has 0 aliphatic rings. The molecule has 0 aliphatic heterocycles. The van der Waals surface area contributed by atoms with E-state index in [4.69, 9.17) is 4.74 Å². The van der Waals surface area contributed by atoms with Crippen molar-refractivity contribution in [3.05, 3.63) is 82.4 Å². The lowest BCUT2D eigenvalue weighted by Crippen LogP contribution is -2.35. The van der Waals surface area contributed by atoms with Gasteiger partial charge in [0.1, 0.15) is 18.3 Å². The van der Waals surface area contributed by atoms with Crippen molar-refractivity contribution in [3.63, 3.8) is 0 Å². The van der Waals surface area contributed by atoms with Crippen LogP contribution >= 0.6 is 0 Å². The summed E-state index contributed by atoms with van der Waals surface area (Å²) in [5.74, 6) is -1.54. The average Bonchev–Trinajstić information content (AvgIpc) is 3.31. The van der Waals surface area contributed by atoms with Gasteiger partial charge in [-0.25, -0.2) is 9.67 Å². The minimum Gasteiger partial charge on any atom is -0.466 e. The zero-order chi connectivity index (χ0) is 22.2. The lowest BCUT2D eigenvalue weighted by Gasteiger charge is -2.16. The van der Waals surface area contributed by atoms with E-state index in [1.807, 2.05) is 30.3 Å². The maximum atomic E-state index is 12.6. The highest BCUT2D eigenvalue weighted by Crippen LogP contribution is 2.23. The molecule has 0 aliphatic carbocycles. The first kappa shape index (κ1) is 21.6. The Balaban J connectivity index is 1.75. The number of aromatic nitrogens is 3. The number of hydrogen-bond acceptors (Lipinski definition) is 7. The number of nitrogens with one attached hydrogen (secondary N) is 1. The minimum absolute atomic E-state index is 0.0329. The number of esters is 1. The third kappa shape index (κ3) is 5.50. The number of nitro benzene ring substituents is 1. The van der Waals surface area contributed by atoms with E-state index >= 15 is 0 Å². The molecule has 0 saturated carbocycles. The van der Waals surface area contributed by atoms with Crippen molar-refractivity contribution in [3.8, 4) is 5.69 Å². The smallest absolute Gasteiger partial charge is 0.311 e. The number of amides is 1. The van der Waals surface area contributed by atoms with E-state index in [1.165, 1.54) is 35.5 Å². The Hall–Kier alpha value is -4.08. The average molecular weight is 423 g/mol. The van der Waals surface area contributed by atoms with E-state index in [1.54, 1.807) is 6.92 Å². The minimum atomic E-state index is -0.593. The van der Waals surface area contributed by atoms with E-state index in [2.05, 4.69) is 15.4 Å². The van der Waals surface area contributed by atoms with Gasteiger partial charge in [0.05, 0.1) is 17.4 Å². The van der Waals surface area contributed by atoms with Crippen molar-refractivity contribution in [2.75, 3.05) is 13.2 Å². The van der Waals surface area contributed by atoms with Gasteiger partial charge in [0.25, 0.3) is 11.6 Å². The SMILES string of the molecule is CCOC(=O)C(CNC(=O)c1ccc(-n2cncn2)c([N+](=O)[O-])c1)Cc1ccccc1. The predicted octanol–water partition coefficient (Wildman–Crippen LogP) is 2.33. The highest BCUT2D eigenvalue weighted by molar-refractivity contribution is 5.95. The van der Waals surface area contributed by atoms with Gasteiger partial charge in [-0.3, -0.25) is 19.7 Å². The fourth-order valence-electron chi connectivity index (χ4n) is 3.05. The van der Waals surface area contributed by atoms with Gasteiger partial charge in [-0.15, -0.1) is 0 Å². The fraction of sp³-hybridized carbons (Fsp3) is 0.238. The highest BCUT2D eigenvalue weighted by atomic mass is 16.6. The molecular weight excluding hydrogens is 402 g/mol. The van der Waals surface area contributed by atoms with E-state index < -0.39 is 22.7 Å². The van der Waals surface area contributed by atoms with Crippen LogP contribution in [0.4, 0.5) is 5.69 Å². The topological polar surface area (TPSA) is 129 Å². The molecule has 0 spiro atoms. The first-order valence-electron chi connectivity index (χ1n) is 9.61. The number of nitrogens with zero attached hydrogens (tertiary/aromatic N) is 4. The lowest BCUT2D eigenvalue weighted by atomic mass is 9.99. The molecule has 0 fully saturated rings. The second kappa shape index (κ2) is 10.1. The number of ether oxygens (including phenoxy) is 1. The summed E-state index contributed by atoms with van der Waals surface area (Å²) in [5.41, 5.74) is 0.928. The molecule has 3 rings (SSSR count). The molecule has 160 valence electrons. The van der Waals surface area contributed by atoms with Crippen LogP contribution in [-0.4, -0.2) is 44.7 Å². The Bertz CT molecular complexity index is 1050. The van der Waals surface area contributed by atoms with Gasteiger partial charge in [-0.1, -0.05) is 30.3 Å². The van der Waals surface area contributed by atoms with Gasteiger partial charge in [-0.05, 0) is 31.0 Å². The molecule has 0 bridgehead atoms. The Morgan fingerprint density at radius 3 is 2.65 bits per heavy atom. The van der Waals surface area contributed by atoms with E-state index in [0.29, 0.717) is 6.42 Å². The molecule has 31 heavy (non-hydrogen) atoms. The van der Waals surface area contributed by atoms with Gasteiger partial charge >= 0.3 is 5.97 Å². The molecule has 1 heterocycles. The molecule has 1 atom stereocenters. The van der Waals surface area contributed by atoms with Crippen LogP contribution in [0.3, 0.4) is 0 Å². The normalized spacial score (nSPS) is 11.5. The summed E-state index contributed by atoms with van der Waals surface area (Å²) < 4.78 is 6.37. The zero-order valence-electron chi connectivity index (χ0n) is 16.8. The van der Waals surface area contributed by atoms with E-state index in [-0.39, 0.29) is 30.1 Å². The molecule has 2 aromatic carbocycles. The van der Waals surface area contributed by atoms with Gasteiger partial charge in [0.2, 0.25) is 0 Å². The first-order chi connectivity index (χ1) is 15.0. The van der Waals surface area contributed by atoms with Crippen LogP contribution in [0.5, 0.6) is 0 Å². The third-order valence-electron chi connectivity index (χ3n) is 4.55. The van der Waals surface area contributed by atoms with Gasteiger partial charge in [0, 0.05) is 18.2 Å². The molecule has 3 aromatic rings. The monoisotopic (exact) mass is 423 g/mol. The largest absolute Gasteiger partial charge is 0.466 e. The second-order valence-corrected chi connectivity index (χ2v) is 6.65. The maximum Gasteiger partial charge on any atom is 0.311 e. The summed E-state index contributed by atoms with van der Waals surface area (Å²) in [7, 11) is 0. The van der Waals surface area contributed by atoms with Crippen LogP contribution in [0.25, 0.3) is 5.69 Å². The lowest BCUT2D eigenvalue weighted by molar-refractivity contribution is -0.384. The Morgan fingerprint density at radius 2 is 2.00 bits per heavy atom. The molecule has 10 heteroatoms. The quantitative estimate of drug-likeness (QED) is 0.318. The van der Waals surface area contributed by atoms with Crippen molar-refractivity contribution >= 4 is 17.6 Å². The molecular formula is C21H21N5O5. The number of carbonyl (C=O) groups is 2. The van der Waals surface area contributed by atoms with E-state index in [0.717, 1.165) is 5.56 Å². The van der Waals surface area contributed by atoms with Gasteiger partial charge in [0.15, 0.2) is 0 Å². The van der Waals surface area contributed by atoms with Crippen LogP contribution in [-0.2, 0) is 16.0 Å². The molecule has 1 N–H and O–H groups in total. The van der Waals surface area contributed by atoms with Crippen LogP contribution < -0.4 is 5.32 Å². The summed E-state index contributed by atoms with van der Waals surface area (Å²) in [6.45, 7) is 1.98. The van der Waals surface area contributed by atoms with Crippen molar-refractivity contribution in [2.45, 2.75) is 13.3 Å². The summed E-state index contributed by atoms with van der Waals surface area (Å²) in [4.78, 5) is 39.6. The van der Waals surface area contributed by atoms with Crippen LogP contribution in [0.1, 0.15) is 22.8 Å². The molecule has 0 saturated heterocycles. The van der Waals surface area contributed by atoms with Crippen LogP contribution in [0.15, 0.2) is 61.2 Å². The number of nitro groups is 1. The molecule has 10 nitrogen and oxygen atoms in total. The van der Waals surface area contributed by atoms with Crippen molar-refractivity contribution in [1.29, 1.82) is 0 Å². The summed E-state index contributed by atoms with van der Waals surface area (Å²) in [5, 5.41) is 18.0. The maximum absolute atomic E-state index is 12.6. The highest BCUT2D eigenvalue weighted by Gasteiger charge is 2.23. The Labute approximate surface area is 178 Å². The zero-order valence-corrected chi connectivity index (χ0v) is 16.8. The Morgan fingerprint density at radius 1 is 1.23 bits per heavy atom. The van der Waals surface area contributed by atoms with E-state index in [9.17, 15) is 19.7 Å². The predicted molar refractivity (Wildman–Crippen MR) is 111 cm³/mol.